The van der Waals surface area contributed by atoms with Crippen molar-refractivity contribution in [3.05, 3.63) is 162 Å². The molecule has 6 aromatic carbocycles. The van der Waals surface area contributed by atoms with E-state index in [2.05, 4.69) is 146 Å². The van der Waals surface area contributed by atoms with Crippen LogP contribution in [0.1, 0.15) is 28.2 Å². The van der Waals surface area contributed by atoms with Crippen molar-refractivity contribution in [2.24, 2.45) is 5.92 Å². The SMILES string of the molecule is C1=CC2C=Cc3ccc(-c4cccc(-c5ccc6ccc7ccc8c(c7c6c5)CCc5ccccc5-8)c4)cc3C2C=C1. The predicted octanol–water partition coefficient (Wildman–Crippen LogP) is 10.9. The molecule has 0 N–H and O–H groups in total. The summed E-state index contributed by atoms with van der Waals surface area (Å²) < 4.78 is 0. The maximum Gasteiger partial charge on any atom is 0.0125 e. The second-order valence-electron chi connectivity index (χ2n) is 12.0. The largest absolute Gasteiger partial charge is 0.0767 e. The lowest BCUT2D eigenvalue weighted by molar-refractivity contribution is 0.692. The van der Waals surface area contributed by atoms with Crippen LogP contribution in [-0.2, 0) is 12.8 Å². The van der Waals surface area contributed by atoms with Crippen LogP contribution in [0.5, 0.6) is 0 Å². The van der Waals surface area contributed by atoms with Gasteiger partial charge in [-0.25, -0.2) is 0 Å². The molecule has 0 aliphatic heterocycles. The zero-order valence-corrected chi connectivity index (χ0v) is 23.4. The number of rotatable bonds is 2. The van der Waals surface area contributed by atoms with E-state index in [0.29, 0.717) is 11.8 Å². The molecule has 2 atom stereocenters. The summed E-state index contributed by atoms with van der Waals surface area (Å²) in [7, 11) is 0. The minimum atomic E-state index is 0.421. The molecule has 0 fully saturated rings. The number of allylic oxidation sites excluding steroid dienone is 5. The van der Waals surface area contributed by atoms with Crippen molar-refractivity contribution in [3.8, 4) is 33.4 Å². The molecule has 0 nitrogen and oxygen atoms in total. The van der Waals surface area contributed by atoms with Crippen molar-refractivity contribution in [2.75, 3.05) is 0 Å². The van der Waals surface area contributed by atoms with E-state index in [4.69, 9.17) is 0 Å². The number of fused-ring (bicyclic) bond motifs is 10. The lowest BCUT2D eigenvalue weighted by Crippen LogP contribution is -2.13. The number of hydrogen-bond acceptors (Lipinski definition) is 0. The van der Waals surface area contributed by atoms with Gasteiger partial charge in [-0.2, -0.15) is 0 Å². The Labute approximate surface area is 247 Å². The highest BCUT2D eigenvalue weighted by Crippen LogP contribution is 2.42. The maximum absolute atomic E-state index is 2.43. The van der Waals surface area contributed by atoms with Gasteiger partial charge in [-0.3, -0.25) is 0 Å². The normalized spacial score (nSPS) is 18.0. The molecule has 3 aliphatic carbocycles. The summed E-state index contributed by atoms with van der Waals surface area (Å²) in [6, 6.07) is 41.3. The molecule has 3 aliphatic rings. The number of benzene rings is 6. The van der Waals surface area contributed by atoms with Crippen molar-refractivity contribution in [1.82, 2.24) is 0 Å². The van der Waals surface area contributed by atoms with Crippen LogP contribution in [0.25, 0.3) is 61.0 Å². The molecule has 42 heavy (non-hydrogen) atoms. The first-order valence-electron chi connectivity index (χ1n) is 15.1. The number of aryl methyl sites for hydroxylation is 2. The first kappa shape index (κ1) is 23.7. The molecule has 2 unspecified atom stereocenters. The minimum absolute atomic E-state index is 0.421. The fraction of sp³-hybridized carbons (Fsp3) is 0.0952. The number of hydrogen-bond donors (Lipinski definition) is 0. The molecule has 0 heteroatoms. The van der Waals surface area contributed by atoms with E-state index >= 15 is 0 Å². The molecule has 0 amide bonds. The minimum Gasteiger partial charge on any atom is -0.0767 e. The van der Waals surface area contributed by atoms with Gasteiger partial charge in [0.05, 0.1) is 0 Å². The molecule has 0 heterocycles. The molecule has 0 saturated carbocycles. The van der Waals surface area contributed by atoms with E-state index in [0.717, 1.165) is 12.8 Å². The van der Waals surface area contributed by atoms with Crippen molar-refractivity contribution < 1.29 is 0 Å². The van der Waals surface area contributed by atoms with Crippen LogP contribution in [0, 0.1) is 5.92 Å². The van der Waals surface area contributed by atoms with Crippen LogP contribution in [-0.4, -0.2) is 0 Å². The van der Waals surface area contributed by atoms with Gasteiger partial charge >= 0.3 is 0 Å². The highest BCUT2D eigenvalue weighted by molar-refractivity contribution is 6.12. The zero-order chi connectivity index (χ0) is 27.6. The Morgan fingerprint density at radius 2 is 1.29 bits per heavy atom. The molecule has 0 aromatic heterocycles. The fourth-order valence-electron chi connectivity index (χ4n) is 7.58. The third kappa shape index (κ3) is 3.68. The maximum atomic E-state index is 2.43. The van der Waals surface area contributed by atoms with Crippen LogP contribution < -0.4 is 0 Å². The Balaban J connectivity index is 1.17. The fourth-order valence-corrected chi connectivity index (χ4v) is 7.58. The third-order valence-electron chi connectivity index (χ3n) is 9.71. The van der Waals surface area contributed by atoms with Crippen molar-refractivity contribution in [3.63, 3.8) is 0 Å². The van der Waals surface area contributed by atoms with Gasteiger partial charge in [0, 0.05) is 11.8 Å². The van der Waals surface area contributed by atoms with E-state index in [1.807, 2.05) is 0 Å². The molecular weight excluding hydrogens is 504 g/mol. The summed E-state index contributed by atoms with van der Waals surface area (Å²) >= 11 is 0. The van der Waals surface area contributed by atoms with Gasteiger partial charge in [0.15, 0.2) is 0 Å². The van der Waals surface area contributed by atoms with Crippen LogP contribution in [0.4, 0.5) is 0 Å². The highest BCUT2D eigenvalue weighted by atomic mass is 14.3. The Hall–Kier alpha value is -4.94. The molecule has 0 saturated heterocycles. The van der Waals surface area contributed by atoms with Crippen LogP contribution in [0.3, 0.4) is 0 Å². The molecule has 0 radical (unpaired) electrons. The summed E-state index contributed by atoms with van der Waals surface area (Å²) in [5.41, 5.74) is 13.6. The first-order chi connectivity index (χ1) is 20.8. The van der Waals surface area contributed by atoms with Crippen LogP contribution in [0.15, 0.2) is 140 Å². The van der Waals surface area contributed by atoms with Crippen LogP contribution in [0.2, 0.25) is 0 Å². The second kappa shape index (κ2) is 9.29. The Bertz CT molecular complexity index is 2150. The van der Waals surface area contributed by atoms with Gasteiger partial charge < -0.3 is 0 Å². The lowest BCUT2D eigenvalue weighted by atomic mass is 9.76. The molecule has 9 rings (SSSR count). The van der Waals surface area contributed by atoms with Crippen molar-refractivity contribution in [2.45, 2.75) is 18.8 Å². The van der Waals surface area contributed by atoms with E-state index in [9.17, 15) is 0 Å². The van der Waals surface area contributed by atoms with E-state index in [-0.39, 0.29) is 0 Å². The summed E-state index contributed by atoms with van der Waals surface area (Å²) in [4.78, 5) is 0. The summed E-state index contributed by atoms with van der Waals surface area (Å²) in [6.45, 7) is 0. The summed E-state index contributed by atoms with van der Waals surface area (Å²) in [6.07, 6.45) is 15.8. The Morgan fingerprint density at radius 1 is 0.524 bits per heavy atom. The predicted molar refractivity (Wildman–Crippen MR) is 179 cm³/mol. The van der Waals surface area contributed by atoms with Gasteiger partial charge in [-0.15, -0.1) is 0 Å². The van der Waals surface area contributed by atoms with Gasteiger partial charge in [-0.05, 0) is 108 Å². The zero-order valence-electron chi connectivity index (χ0n) is 23.4. The van der Waals surface area contributed by atoms with Gasteiger partial charge in [-0.1, -0.05) is 127 Å². The van der Waals surface area contributed by atoms with Crippen molar-refractivity contribution >= 4 is 27.6 Å². The molecule has 0 spiro atoms. The van der Waals surface area contributed by atoms with Gasteiger partial charge in [0.2, 0.25) is 0 Å². The quantitative estimate of drug-likeness (QED) is 0.194. The Morgan fingerprint density at radius 3 is 2.24 bits per heavy atom. The third-order valence-corrected chi connectivity index (χ3v) is 9.71. The topological polar surface area (TPSA) is 0 Å². The molecule has 6 aromatic rings. The van der Waals surface area contributed by atoms with E-state index in [1.165, 1.54) is 77.2 Å². The average Bonchev–Trinajstić information content (AvgIpc) is 3.07. The first-order valence-corrected chi connectivity index (χ1v) is 15.1. The molecular formula is C42H30. The van der Waals surface area contributed by atoms with Gasteiger partial charge in [0.25, 0.3) is 0 Å². The van der Waals surface area contributed by atoms with E-state index < -0.39 is 0 Å². The summed E-state index contributed by atoms with van der Waals surface area (Å²) in [5, 5.41) is 5.42. The van der Waals surface area contributed by atoms with Gasteiger partial charge in [0.1, 0.15) is 0 Å². The average molecular weight is 535 g/mol. The molecule has 0 bridgehead atoms. The second-order valence-corrected chi connectivity index (χ2v) is 12.0. The smallest absolute Gasteiger partial charge is 0.0125 e. The standard InChI is InChI=1S/C42H30/c1-3-10-36-28(7-1)20-23-39-38(36)22-21-31-17-14-30-16-19-35(26-41(30)42(31)39)33-9-5-8-32(24-33)34-18-15-29-13-12-27-6-2-4-11-37(27)40(29)25-34/h1-19,21-22,24-27,37H,20,23H2. The van der Waals surface area contributed by atoms with Crippen LogP contribution >= 0.6 is 0 Å². The van der Waals surface area contributed by atoms with Crippen molar-refractivity contribution in [1.29, 1.82) is 0 Å². The van der Waals surface area contributed by atoms with E-state index in [1.54, 1.807) is 0 Å². The summed E-state index contributed by atoms with van der Waals surface area (Å²) in [5.74, 6) is 0.875. The monoisotopic (exact) mass is 534 g/mol. The Kier molecular flexibility index (Phi) is 5.25. The lowest BCUT2D eigenvalue weighted by Gasteiger charge is -2.28. The molecule has 198 valence electrons. The highest BCUT2D eigenvalue weighted by Gasteiger charge is 2.24.